The lowest BCUT2D eigenvalue weighted by Gasteiger charge is -1.96. The van der Waals surface area contributed by atoms with E-state index in [2.05, 4.69) is 36.2 Å². The van der Waals surface area contributed by atoms with E-state index in [0.29, 0.717) is 11.9 Å². The molecule has 0 radical (unpaired) electrons. The first kappa shape index (κ1) is 9.26. The number of alkyl halides is 1. The van der Waals surface area contributed by atoms with Crippen LogP contribution in [-0.2, 0) is 11.9 Å². The third kappa shape index (κ3) is 2.14. The van der Waals surface area contributed by atoms with Crippen LogP contribution in [0.25, 0.3) is 0 Å². The van der Waals surface area contributed by atoms with E-state index in [1.165, 1.54) is 0 Å². The first-order valence-corrected chi connectivity index (χ1v) is 5.21. The molecule has 0 fully saturated rings. The fourth-order valence-electron chi connectivity index (χ4n) is 1.03. The molecule has 0 N–H and O–H groups in total. The second kappa shape index (κ2) is 4.28. The summed E-state index contributed by atoms with van der Waals surface area (Å²) in [6.45, 7) is 0.556. The van der Waals surface area contributed by atoms with Crippen LogP contribution in [0, 0.1) is 0 Å². The molecular formula is C8H8BrN5. The van der Waals surface area contributed by atoms with Crippen molar-refractivity contribution in [3.63, 3.8) is 0 Å². The summed E-state index contributed by atoms with van der Waals surface area (Å²) in [5.41, 5.74) is 0.904. The summed E-state index contributed by atoms with van der Waals surface area (Å²) in [6, 6.07) is 1.79. The maximum Gasteiger partial charge on any atom is 0.149 e. The summed E-state index contributed by atoms with van der Waals surface area (Å²) >= 11 is 3.31. The van der Waals surface area contributed by atoms with Crippen LogP contribution in [0.3, 0.4) is 0 Å². The van der Waals surface area contributed by atoms with E-state index in [0.717, 1.165) is 11.5 Å². The highest BCUT2D eigenvalue weighted by Gasteiger charge is 2.00. The predicted molar refractivity (Wildman–Crippen MR) is 53.8 cm³/mol. The van der Waals surface area contributed by atoms with Gasteiger partial charge in [-0.3, -0.25) is 0 Å². The van der Waals surface area contributed by atoms with E-state index in [1.807, 2.05) is 6.20 Å². The van der Waals surface area contributed by atoms with Gasteiger partial charge in [-0.05, 0) is 6.07 Å². The van der Waals surface area contributed by atoms with Gasteiger partial charge >= 0.3 is 0 Å². The van der Waals surface area contributed by atoms with Crippen LogP contribution in [0.2, 0.25) is 0 Å². The molecule has 0 aromatic carbocycles. The number of nitrogens with zero attached hydrogens (tertiary/aromatic N) is 5. The second-order valence-electron chi connectivity index (χ2n) is 2.71. The van der Waals surface area contributed by atoms with Crippen LogP contribution in [0.15, 0.2) is 24.7 Å². The van der Waals surface area contributed by atoms with Gasteiger partial charge in [0.25, 0.3) is 0 Å². The lowest BCUT2D eigenvalue weighted by Crippen LogP contribution is -2.04. The Morgan fingerprint density at radius 1 is 1.29 bits per heavy atom. The molecule has 2 aromatic rings. The van der Waals surface area contributed by atoms with Gasteiger partial charge < -0.3 is 0 Å². The molecule has 72 valence electrons. The molecule has 14 heavy (non-hydrogen) atoms. The third-order valence-electron chi connectivity index (χ3n) is 1.65. The fourth-order valence-corrected chi connectivity index (χ4v) is 1.29. The molecule has 2 heterocycles. The summed E-state index contributed by atoms with van der Waals surface area (Å²) in [5, 5.41) is 8.59. The van der Waals surface area contributed by atoms with Gasteiger partial charge in [0, 0.05) is 23.9 Å². The molecule has 0 spiro atoms. The van der Waals surface area contributed by atoms with Crippen LogP contribution >= 0.6 is 15.9 Å². The van der Waals surface area contributed by atoms with Gasteiger partial charge in [0.15, 0.2) is 0 Å². The summed E-state index contributed by atoms with van der Waals surface area (Å²) in [4.78, 5) is 8.20. The minimum atomic E-state index is 0.556. The van der Waals surface area contributed by atoms with Gasteiger partial charge in [-0.2, -0.15) is 0 Å². The minimum absolute atomic E-state index is 0.556. The monoisotopic (exact) mass is 253 g/mol. The SMILES string of the molecule is BrCc1cn(Cc2ncccn2)nn1. The second-order valence-corrected chi connectivity index (χ2v) is 3.27. The average Bonchev–Trinajstić information content (AvgIpc) is 2.67. The van der Waals surface area contributed by atoms with Crippen molar-refractivity contribution in [1.29, 1.82) is 0 Å². The molecule has 0 bridgehead atoms. The Kier molecular flexibility index (Phi) is 2.83. The molecule has 0 atom stereocenters. The molecular weight excluding hydrogens is 246 g/mol. The molecule has 0 amide bonds. The van der Waals surface area contributed by atoms with Crippen molar-refractivity contribution in [3.05, 3.63) is 36.2 Å². The van der Waals surface area contributed by atoms with E-state index < -0.39 is 0 Å². The van der Waals surface area contributed by atoms with E-state index >= 15 is 0 Å². The van der Waals surface area contributed by atoms with Crippen molar-refractivity contribution in [2.75, 3.05) is 0 Å². The summed E-state index contributed by atoms with van der Waals surface area (Å²) in [7, 11) is 0. The zero-order chi connectivity index (χ0) is 9.80. The smallest absolute Gasteiger partial charge is 0.149 e. The highest BCUT2D eigenvalue weighted by Crippen LogP contribution is 2.00. The highest BCUT2D eigenvalue weighted by atomic mass is 79.9. The van der Waals surface area contributed by atoms with Gasteiger partial charge in [-0.25, -0.2) is 14.6 Å². The topological polar surface area (TPSA) is 56.5 Å². The Bertz CT molecular complexity index is 399. The van der Waals surface area contributed by atoms with Crippen molar-refractivity contribution in [2.45, 2.75) is 11.9 Å². The molecule has 0 aliphatic carbocycles. The van der Waals surface area contributed by atoms with Gasteiger partial charge in [0.05, 0.1) is 5.69 Å². The number of rotatable bonds is 3. The Balaban J connectivity index is 2.11. The van der Waals surface area contributed by atoms with Crippen LogP contribution in [0.4, 0.5) is 0 Å². The zero-order valence-corrected chi connectivity index (χ0v) is 8.92. The van der Waals surface area contributed by atoms with E-state index in [9.17, 15) is 0 Å². The Hall–Kier alpha value is -1.30. The van der Waals surface area contributed by atoms with Crippen LogP contribution in [0.1, 0.15) is 11.5 Å². The first-order valence-electron chi connectivity index (χ1n) is 4.09. The van der Waals surface area contributed by atoms with Crippen LogP contribution in [-0.4, -0.2) is 25.0 Å². The Morgan fingerprint density at radius 2 is 2.07 bits per heavy atom. The number of aromatic nitrogens is 5. The molecule has 2 rings (SSSR count). The van der Waals surface area contributed by atoms with E-state index in [4.69, 9.17) is 0 Å². The Labute approximate surface area is 89.3 Å². The van der Waals surface area contributed by atoms with E-state index in [-0.39, 0.29) is 0 Å². The molecule has 0 saturated heterocycles. The van der Waals surface area contributed by atoms with Crippen molar-refractivity contribution >= 4 is 15.9 Å². The number of halogens is 1. The first-order chi connectivity index (χ1) is 6.88. The quantitative estimate of drug-likeness (QED) is 0.767. The minimum Gasteiger partial charge on any atom is -0.245 e. The summed E-state index contributed by atoms with van der Waals surface area (Å²) < 4.78 is 1.71. The molecule has 2 aromatic heterocycles. The molecule has 0 saturated carbocycles. The third-order valence-corrected chi connectivity index (χ3v) is 2.22. The van der Waals surface area contributed by atoms with Gasteiger partial charge in [0.2, 0.25) is 0 Å². The molecule has 0 aliphatic rings. The van der Waals surface area contributed by atoms with Gasteiger partial charge in [0.1, 0.15) is 12.4 Å². The molecule has 0 aliphatic heterocycles. The maximum atomic E-state index is 4.10. The Morgan fingerprint density at radius 3 is 2.71 bits per heavy atom. The standard InChI is InChI=1S/C8H8BrN5/c9-4-7-5-14(13-12-7)6-8-10-2-1-3-11-8/h1-3,5H,4,6H2. The number of hydrogen-bond acceptors (Lipinski definition) is 4. The van der Waals surface area contributed by atoms with Crippen molar-refractivity contribution in [1.82, 2.24) is 25.0 Å². The van der Waals surface area contributed by atoms with Crippen molar-refractivity contribution in [2.24, 2.45) is 0 Å². The lowest BCUT2D eigenvalue weighted by molar-refractivity contribution is 0.624. The predicted octanol–water partition coefficient (Wildman–Crippen LogP) is 1.01. The van der Waals surface area contributed by atoms with E-state index in [1.54, 1.807) is 23.1 Å². The largest absolute Gasteiger partial charge is 0.245 e. The lowest BCUT2D eigenvalue weighted by atomic mass is 10.5. The summed E-state index contributed by atoms with van der Waals surface area (Å²) in [6.07, 6.45) is 5.29. The van der Waals surface area contributed by atoms with Crippen molar-refractivity contribution in [3.8, 4) is 0 Å². The molecule has 6 heteroatoms. The normalized spacial score (nSPS) is 10.4. The average molecular weight is 254 g/mol. The van der Waals surface area contributed by atoms with Crippen LogP contribution < -0.4 is 0 Å². The van der Waals surface area contributed by atoms with Gasteiger partial charge in [-0.15, -0.1) is 5.10 Å². The van der Waals surface area contributed by atoms with Gasteiger partial charge in [-0.1, -0.05) is 21.1 Å². The fraction of sp³-hybridized carbons (Fsp3) is 0.250. The molecule has 0 unspecified atom stereocenters. The summed E-state index contributed by atoms with van der Waals surface area (Å²) in [5.74, 6) is 0.735. The zero-order valence-electron chi connectivity index (χ0n) is 7.34. The maximum absolute atomic E-state index is 4.10. The van der Waals surface area contributed by atoms with Crippen LogP contribution in [0.5, 0.6) is 0 Å². The number of hydrogen-bond donors (Lipinski definition) is 0. The highest BCUT2D eigenvalue weighted by molar-refractivity contribution is 9.08. The molecule has 5 nitrogen and oxygen atoms in total. The van der Waals surface area contributed by atoms with Crippen molar-refractivity contribution < 1.29 is 0 Å².